The highest BCUT2D eigenvalue weighted by Gasteiger charge is 2.22. The van der Waals surface area contributed by atoms with Crippen LogP contribution < -0.4 is 5.32 Å². The quantitative estimate of drug-likeness (QED) is 0.895. The van der Waals surface area contributed by atoms with Gasteiger partial charge in [0.25, 0.3) is 0 Å². The SMILES string of the molecule is CNCCC1CCN(C(=O)Cc2cccc(F)c2)CC1. The first-order valence-corrected chi connectivity index (χ1v) is 7.36. The molecule has 110 valence electrons. The number of rotatable bonds is 5. The molecule has 1 N–H and O–H groups in total. The van der Waals surface area contributed by atoms with E-state index in [0.717, 1.165) is 44.0 Å². The predicted octanol–water partition coefficient (Wildman–Crippen LogP) is 2.22. The first kappa shape index (κ1) is 15.0. The highest BCUT2D eigenvalue weighted by atomic mass is 19.1. The van der Waals surface area contributed by atoms with Crippen molar-refractivity contribution in [3.8, 4) is 0 Å². The van der Waals surface area contributed by atoms with Crippen LogP contribution >= 0.6 is 0 Å². The number of hydrogen-bond donors (Lipinski definition) is 1. The minimum Gasteiger partial charge on any atom is -0.342 e. The van der Waals surface area contributed by atoms with E-state index in [1.165, 1.54) is 18.6 Å². The Labute approximate surface area is 120 Å². The number of hydrogen-bond acceptors (Lipinski definition) is 2. The van der Waals surface area contributed by atoms with E-state index >= 15 is 0 Å². The Morgan fingerprint density at radius 2 is 2.15 bits per heavy atom. The molecular weight excluding hydrogens is 255 g/mol. The van der Waals surface area contributed by atoms with Crippen molar-refractivity contribution in [3.05, 3.63) is 35.6 Å². The van der Waals surface area contributed by atoms with E-state index in [1.807, 2.05) is 11.9 Å². The normalized spacial score (nSPS) is 16.4. The third kappa shape index (κ3) is 4.30. The molecule has 0 aliphatic carbocycles. The zero-order valence-electron chi connectivity index (χ0n) is 12.1. The fourth-order valence-electron chi connectivity index (χ4n) is 2.75. The van der Waals surface area contributed by atoms with Gasteiger partial charge in [-0.15, -0.1) is 0 Å². The standard InChI is InChI=1S/C16H23FN2O/c1-18-8-5-13-6-9-19(10-7-13)16(20)12-14-3-2-4-15(17)11-14/h2-4,11,13,18H,5-10,12H2,1H3. The Morgan fingerprint density at radius 1 is 1.40 bits per heavy atom. The number of nitrogens with one attached hydrogen (secondary N) is 1. The van der Waals surface area contributed by atoms with E-state index in [2.05, 4.69) is 5.32 Å². The van der Waals surface area contributed by atoms with Gasteiger partial charge in [-0.1, -0.05) is 12.1 Å². The van der Waals surface area contributed by atoms with Gasteiger partial charge in [-0.05, 0) is 56.5 Å². The van der Waals surface area contributed by atoms with Crippen LogP contribution in [0.15, 0.2) is 24.3 Å². The summed E-state index contributed by atoms with van der Waals surface area (Å²) in [6, 6.07) is 6.31. The van der Waals surface area contributed by atoms with Crippen LogP contribution in [-0.4, -0.2) is 37.5 Å². The monoisotopic (exact) mass is 278 g/mol. The Balaban J connectivity index is 1.80. The lowest BCUT2D eigenvalue weighted by Gasteiger charge is -2.32. The van der Waals surface area contributed by atoms with Crippen LogP contribution in [0.5, 0.6) is 0 Å². The molecule has 0 radical (unpaired) electrons. The average Bonchev–Trinajstić information content (AvgIpc) is 2.45. The second kappa shape index (κ2) is 7.39. The molecule has 4 heteroatoms. The van der Waals surface area contributed by atoms with E-state index in [1.54, 1.807) is 12.1 Å². The molecule has 1 saturated heterocycles. The molecule has 0 aromatic heterocycles. The number of halogens is 1. The maximum Gasteiger partial charge on any atom is 0.226 e. The fourth-order valence-corrected chi connectivity index (χ4v) is 2.75. The second-order valence-electron chi connectivity index (χ2n) is 5.52. The lowest BCUT2D eigenvalue weighted by atomic mass is 9.93. The maximum atomic E-state index is 13.1. The van der Waals surface area contributed by atoms with E-state index in [9.17, 15) is 9.18 Å². The van der Waals surface area contributed by atoms with Crippen LogP contribution in [-0.2, 0) is 11.2 Å². The summed E-state index contributed by atoms with van der Waals surface area (Å²) in [5.41, 5.74) is 0.757. The summed E-state index contributed by atoms with van der Waals surface area (Å²) >= 11 is 0. The Morgan fingerprint density at radius 3 is 2.80 bits per heavy atom. The smallest absolute Gasteiger partial charge is 0.226 e. The Kier molecular flexibility index (Phi) is 5.53. The number of amides is 1. The molecule has 1 aromatic rings. The zero-order chi connectivity index (χ0) is 14.4. The summed E-state index contributed by atoms with van der Waals surface area (Å²) in [5, 5.41) is 3.17. The summed E-state index contributed by atoms with van der Waals surface area (Å²) in [5.74, 6) is 0.560. The second-order valence-corrected chi connectivity index (χ2v) is 5.52. The van der Waals surface area contributed by atoms with Crippen molar-refractivity contribution in [1.82, 2.24) is 10.2 Å². The van der Waals surface area contributed by atoms with Crippen LogP contribution in [0.4, 0.5) is 4.39 Å². The van der Waals surface area contributed by atoms with Gasteiger partial charge in [0.05, 0.1) is 6.42 Å². The Hall–Kier alpha value is -1.42. The lowest BCUT2D eigenvalue weighted by Crippen LogP contribution is -2.39. The van der Waals surface area contributed by atoms with Gasteiger partial charge in [-0.3, -0.25) is 4.79 Å². The first-order valence-electron chi connectivity index (χ1n) is 7.36. The van der Waals surface area contributed by atoms with E-state index in [0.29, 0.717) is 6.42 Å². The molecule has 0 spiro atoms. The van der Waals surface area contributed by atoms with Crippen LogP contribution in [0, 0.1) is 11.7 Å². The molecule has 20 heavy (non-hydrogen) atoms. The van der Waals surface area contributed by atoms with E-state index < -0.39 is 0 Å². The Bertz CT molecular complexity index is 442. The van der Waals surface area contributed by atoms with Gasteiger partial charge in [0.15, 0.2) is 0 Å². The summed E-state index contributed by atoms with van der Waals surface area (Å²) in [6.45, 7) is 2.72. The van der Waals surface area contributed by atoms with Gasteiger partial charge in [-0.25, -0.2) is 4.39 Å². The van der Waals surface area contributed by atoms with Crippen molar-refractivity contribution >= 4 is 5.91 Å². The summed E-state index contributed by atoms with van der Waals surface area (Å²) in [7, 11) is 1.97. The number of likely N-dealkylation sites (tertiary alicyclic amines) is 1. The largest absolute Gasteiger partial charge is 0.342 e. The van der Waals surface area contributed by atoms with Gasteiger partial charge in [0.1, 0.15) is 5.82 Å². The molecule has 1 amide bonds. The van der Waals surface area contributed by atoms with Gasteiger partial charge in [0, 0.05) is 13.1 Å². The third-order valence-electron chi connectivity index (χ3n) is 4.01. The van der Waals surface area contributed by atoms with E-state index in [4.69, 9.17) is 0 Å². The zero-order valence-corrected chi connectivity index (χ0v) is 12.1. The van der Waals surface area contributed by atoms with Crippen molar-refractivity contribution < 1.29 is 9.18 Å². The summed E-state index contributed by atoms with van der Waals surface area (Å²) in [4.78, 5) is 14.1. The third-order valence-corrected chi connectivity index (χ3v) is 4.01. The molecule has 1 aromatic carbocycles. The minimum atomic E-state index is -0.277. The number of benzene rings is 1. The number of carbonyl (C=O) groups is 1. The topological polar surface area (TPSA) is 32.3 Å². The molecule has 1 fully saturated rings. The van der Waals surface area contributed by atoms with Crippen molar-refractivity contribution in [2.45, 2.75) is 25.7 Å². The molecule has 0 saturated carbocycles. The van der Waals surface area contributed by atoms with E-state index in [-0.39, 0.29) is 11.7 Å². The fraction of sp³-hybridized carbons (Fsp3) is 0.562. The molecular formula is C16H23FN2O. The van der Waals surface area contributed by atoms with Crippen LogP contribution in [0.2, 0.25) is 0 Å². The molecule has 0 atom stereocenters. The molecule has 3 nitrogen and oxygen atoms in total. The van der Waals surface area contributed by atoms with Gasteiger partial charge >= 0.3 is 0 Å². The number of nitrogens with zero attached hydrogens (tertiary/aromatic N) is 1. The van der Waals surface area contributed by atoms with Crippen LogP contribution in [0.1, 0.15) is 24.8 Å². The van der Waals surface area contributed by atoms with Crippen molar-refractivity contribution in [2.24, 2.45) is 5.92 Å². The first-order chi connectivity index (χ1) is 9.69. The molecule has 1 heterocycles. The van der Waals surface area contributed by atoms with Crippen LogP contribution in [0.3, 0.4) is 0 Å². The summed E-state index contributed by atoms with van der Waals surface area (Å²) in [6.07, 6.45) is 3.65. The minimum absolute atomic E-state index is 0.114. The van der Waals surface area contributed by atoms with Crippen LogP contribution in [0.25, 0.3) is 0 Å². The molecule has 0 unspecified atom stereocenters. The van der Waals surface area contributed by atoms with Crippen molar-refractivity contribution in [3.63, 3.8) is 0 Å². The maximum absolute atomic E-state index is 13.1. The van der Waals surface area contributed by atoms with Crippen molar-refractivity contribution in [2.75, 3.05) is 26.7 Å². The molecule has 1 aliphatic heterocycles. The van der Waals surface area contributed by atoms with Gasteiger partial charge in [-0.2, -0.15) is 0 Å². The van der Waals surface area contributed by atoms with Gasteiger partial charge < -0.3 is 10.2 Å². The highest BCUT2D eigenvalue weighted by molar-refractivity contribution is 5.78. The lowest BCUT2D eigenvalue weighted by molar-refractivity contribution is -0.131. The van der Waals surface area contributed by atoms with Crippen molar-refractivity contribution in [1.29, 1.82) is 0 Å². The highest BCUT2D eigenvalue weighted by Crippen LogP contribution is 2.20. The predicted molar refractivity (Wildman–Crippen MR) is 78.0 cm³/mol. The number of carbonyl (C=O) groups excluding carboxylic acids is 1. The average molecular weight is 278 g/mol. The molecule has 1 aliphatic rings. The molecule has 2 rings (SSSR count). The summed E-state index contributed by atoms with van der Waals surface area (Å²) < 4.78 is 13.1. The van der Waals surface area contributed by atoms with Gasteiger partial charge in [0.2, 0.25) is 5.91 Å². The molecule has 0 bridgehead atoms. The number of piperidine rings is 1.